The minimum Gasteiger partial charge on any atom is -0.465 e. The highest BCUT2D eigenvalue weighted by Gasteiger charge is 2.49. The smallest absolute Gasteiger partial charge is 0.422 e. The maximum Gasteiger partial charge on any atom is 0.422 e. The SMILES string of the molecule is CC(C)(C)OC(=O)NS(=O)(=O)NCC1(N2CCN(C(=O)O)CC2)CC1. The van der Waals surface area contributed by atoms with E-state index in [1.54, 1.807) is 20.8 Å². The molecule has 144 valence electrons. The zero-order valence-electron chi connectivity index (χ0n) is 14.7. The predicted molar refractivity (Wildman–Crippen MR) is 89.4 cm³/mol. The highest BCUT2D eigenvalue weighted by molar-refractivity contribution is 7.88. The van der Waals surface area contributed by atoms with Crippen LogP contribution in [0.3, 0.4) is 0 Å². The summed E-state index contributed by atoms with van der Waals surface area (Å²) >= 11 is 0. The molecule has 0 aromatic carbocycles. The Bertz CT molecular complexity index is 618. The lowest BCUT2D eigenvalue weighted by atomic mass is 10.2. The van der Waals surface area contributed by atoms with Gasteiger partial charge >= 0.3 is 22.4 Å². The predicted octanol–water partition coefficient (Wildman–Crippen LogP) is 0.174. The normalized spacial score (nSPS) is 20.8. The van der Waals surface area contributed by atoms with Gasteiger partial charge in [0, 0.05) is 38.3 Å². The van der Waals surface area contributed by atoms with Crippen LogP contribution in [0.25, 0.3) is 0 Å². The number of carbonyl (C=O) groups excluding carboxylic acids is 1. The Morgan fingerprint density at radius 2 is 1.72 bits per heavy atom. The van der Waals surface area contributed by atoms with Gasteiger partial charge in [0.2, 0.25) is 0 Å². The first-order valence-electron chi connectivity index (χ1n) is 8.16. The molecule has 1 heterocycles. The Kier molecular flexibility index (Phi) is 5.50. The van der Waals surface area contributed by atoms with Gasteiger partial charge in [-0.25, -0.2) is 14.3 Å². The largest absolute Gasteiger partial charge is 0.465 e. The van der Waals surface area contributed by atoms with E-state index < -0.39 is 28.0 Å². The number of amides is 2. The van der Waals surface area contributed by atoms with E-state index in [4.69, 9.17) is 9.84 Å². The number of nitrogens with zero attached hydrogens (tertiary/aromatic N) is 2. The molecular weight excluding hydrogens is 352 g/mol. The van der Waals surface area contributed by atoms with Gasteiger partial charge in [0.25, 0.3) is 0 Å². The highest BCUT2D eigenvalue weighted by atomic mass is 32.2. The molecule has 1 aliphatic heterocycles. The van der Waals surface area contributed by atoms with Crippen LogP contribution in [0, 0.1) is 0 Å². The molecule has 1 saturated heterocycles. The van der Waals surface area contributed by atoms with Gasteiger partial charge in [0.05, 0.1) is 0 Å². The van der Waals surface area contributed by atoms with Gasteiger partial charge in [-0.2, -0.15) is 13.1 Å². The number of hydrogen-bond donors (Lipinski definition) is 3. The third-order valence-electron chi connectivity index (χ3n) is 4.26. The van der Waals surface area contributed by atoms with Crippen molar-refractivity contribution in [3.63, 3.8) is 0 Å². The molecule has 11 heteroatoms. The number of rotatable bonds is 5. The van der Waals surface area contributed by atoms with Crippen molar-refractivity contribution in [2.45, 2.75) is 44.8 Å². The van der Waals surface area contributed by atoms with Gasteiger partial charge in [0.1, 0.15) is 5.60 Å². The molecule has 25 heavy (non-hydrogen) atoms. The van der Waals surface area contributed by atoms with Crippen LogP contribution < -0.4 is 9.44 Å². The lowest BCUT2D eigenvalue weighted by molar-refractivity contribution is 0.0569. The molecule has 2 fully saturated rings. The Morgan fingerprint density at radius 1 is 1.16 bits per heavy atom. The number of carboxylic acid groups (broad SMARTS) is 1. The summed E-state index contributed by atoms with van der Waals surface area (Å²) in [6.45, 7) is 7.02. The molecule has 2 rings (SSSR count). The maximum atomic E-state index is 12.0. The molecular formula is C14H26N4O6S. The maximum absolute atomic E-state index is 12.0. The van der Waals surface area contributed by atoms with Crippen molar-refractivity contribution in [1.29, 1.82) is 0 Å². The third kappa shape index (κ3) is 5.72. The lowest BCUT2D eigenvalue weighted by Crippen LogP contribution is -2.56. The van der Waals surface area contributed by atoms with Crippen molar-refractivity contribution < 1.29 is 27.9 Å². The summed E-state index contributed by atoms with van der Waals surface area (Å²) in [6, 6.07) is 0. The number of ether oxygens (including phenoxy) is 1. The van der Waals surface area contributed by atoms with Crippen molar-refractivity contribution in [1.82, 2.24) is 19.2 Å². The molecule has 10 nitrogen and oxygen atoms in total. The van der Waals surface area contributed by atoms with Crippen LogP contribution in [-0.4, -0.2) is 79.4 Å². The Morgan fingerprint density at radius 3 is 2.16 bits per heavy atom. The average Bonchev–Trinajstić information content (AvgIpc) is 3.24. The first kappa shape index (κ1) is 19.7. The van der Waals surface area contributed by atoms with Crippen LogP contribution in [0.2, 0.25) is 0 Å². The van der Waals surface area contributed by atoms with Crippen molar-refractivity contribution in [2.75, 3.05) is 32.7 Å². The monoisotopic (exact) mass is 378 g/mol. The zero-order valence-corrected chi connectivity index (χ0v) is 15.6. The fourth-order valence-corrected chi connectivity index (χ4v) is 3.59. The molecule has 0 atom stereocenters. The van der Waals surface area contributed by atoms with Crippen LogP contribution in [0.4, 0.5) is 9.59 Å². The van der Waals surface area contributed by atoms with Crippen LogP contribution >= 0.6 is 0 Å². The Labute approximate surface area is 147 Å². The van der Waals surface area contributed by atoms with E-state index in [0.717, 1.165) is 12.8 Å². The number of carbonyl (C=O) groups is 2. The second-order valence-corrected chi connectivity index (χ2v) is 8.91. The summed E-state index contributed by atoms with van der Waals surface area (Å²) in [5, 5.41) is 8.98. The van der Waals surface area contributed by atoms with E-state index in [1.165, 1.54) is 4.90 Å². The van der Waals surface area contributed by atoms with E-state index in [-0.39, 0.29) is 12.1 Å². The topological polar surface area (TPSA) is 128 Å². The van der Waals surface area contributed by atoms with E-state index in [0.29, 0.717) is 26.2 Å². The first-order valence-corrected chi connectivity index (χ1v) is 9.64. The fraction of sp³-hybridized carbons (Fsp3) is 0.857. The van der Waals surface area contributed by atoms with Gasteiger partial charge in [-0.3, -0.25) is 4.90 Å². The zero-order chi connectivity index (χ0) is 18.9. The minimum absolute atomic E-state index is 0.165. The summed E-state index contributed by atoms with van der Waals surface area (Å²) in [5.41, 5.74) is -1.09. The molecule has 0 unspecified atom stereocenters. The van der Waals surface area contributed by atoms with Crippen LogP contribution in [0.15, 0.2) is 0 Å². The van der Waals surface area contributed by atoms with Crippen molar-refractivity contribution in [3.8, 4) is 0 Å². The minimum atomic E-state index is -4.01. The van der Waals surface area contributed by atoms with E-state index in [1.807, 2.05) is 4.72 Å². The van der Waals surface area contributed by atoms with Gasteiger partial charge in [-0.1, -0.05) is 0 Å². The summed E-state index contributed by atoms with van der Waals surface area (Å²) < 4.78 is 33.2. The van der Waals surface area contributed by atoms with E-state index in [9.17, 15) is 18.0 Å². The van der Waals surface area contributed by atoms with Gasteiger partial charge in [-0.15, -0.1) is 0 Å². The third-order valence-corrected chi connectivity index (χ3v) is 5.22. The van der Waals surface area contributed by atoms with Crippen LogP contribution in [0.1, 0.15) is 33.6 Å². The summed E-state index contributed by atoms with van der Waals surface area (Å²) in [4.78, 5) is 26.0. The highest BCUT2D eigenvalue weighted by Crippen LogP contribution is 2.41. The molecule has 1 saturated carbocycles. The molecule has 0 spiro atoms. The van der Waals surface area contributed by atoms with Crippen molar-refractivity contribution >= 4 is 22.4 Å². The van der Waals surface area contributed by atoms with E-state index in [2.05, 4.69) is 9.62 Å². The second-order valence-electron chi connectivity index (χ2n) is 7.41. The standard InChI is InChI=1S/C14H26N4O6S/c1-13(2,3)24-11(19)16-25(22,23)15-10-14(4-5-14)18-8-6-17(7-9-18)12(20)21/h15H,4-10H2,1-3H3,(H,16,19)(H,20,21). The quantitative estimate of drug-likeness (QED) is 0.622. The number of piperazine rings is 1. The molecule has 2 amide bonds. The molecule has 2 aliphatic rings. The number of hydrogen-bond acceptors (Lipinski definition) is 6. The summed E-state index contributed by atoms with van der Waals surface area (Å²) in [6.07, 6.45) is -0.309. The molecule has 0 aromatic heterocycles. The Hall–Kier alpha value is -1.59. The summed E-state index contributed by atoms with van der Waals surface area (Å²) in [5.74, 6) is 0. The lowest BCUT2D eigenvalue weighted by Gasteiger charge is -2.38. The second kappa shape index (κ2) is 6.96. The molecule has 1 aliphatic carbocycles. The molecule has 0 aromatic rings. The van der Waals surface area contributed by atoms with E-state index >= 15 is 0 Å². The van der Waals surface area contributed by atoms with Crippen molar-refractivity contribution in [2.24, 2.45) is 0 Å². The first-order chi connectivity index (χ1) is 11.4. The van der Waals surface area contributed by atoms with Gasteiger partial charge in [0.15, 0.2) is 0 Å². The Balaban J connectivity index is 1.84. The van der Waals surface area contributed by atoms with Gasteiger partial charge in [-0.05, 0) is 33.6 Å². The molecule has 0 radical (unpaired) electrons. The average molecular weight is 378 g/mol. The van der Waals surface area contributed by atoms with Crippen LogP contribution in [0.5, 0.6) is 0 Å². The van der Waals surface area contributed by atoms with Crippen LogP contribution in [-0.2, 0) is 14.9 Å². The molecule has 3 N–H and O–H groups in total. The van der Waals surface area contributed by atoms with Crippen molar-refractivity contribution in [3.05, 3.63) is 0 Å². The van der Waals surface area contributed by atoms with Gasteiger partial charge < -0.3 is 14.7 Å². The number of nitrogens with one attached hydrogen (secondary N) is 2. The fourth-order valence-electron chi connectivity index (χ4n) is 2.80. The summed E-state index contributed by atoms with van der Waals surface area (Å²) in [7, 11) is -4.01. The molecule has 0 bridgehead atoms.